The molecule has 1 aliphatic rings. The molecule has 0 spiro atoms. The van der Waals surface area contributed by atoms with Gasteiger partial charge in [0.2, 0.25) is 0 Å². The van der Waals surface area contributed by atoms with Crippen molar-refractivity contribution in [2.75, 3.05) is 19.0 Å². The quantitative estimate of drug-likeness (QED) is 0.465. The Kier molecular flexibility index (Phi) is 6.63. The Hall–Kier alpha value is 0.250. The summed E-state index contributed by atoms with van der Waals surface area (Å²) in [5, 5.41) is 0. The van der Waals surface area contributed by atoms with Gasteiger partial charge in [0.25, 0.3) is 0 Å². The molecule has 0 N–H and O–H groups in total. The van der Waals surface area contributed by atoms with Gasteiger partial charge in [-0.05, 0) is 45.2 Å². The number of halogens is 1. The van der Waals surface area contributed by atoms with Gasteiger partial charge in [-0.15, -0.1) is 11.6 Å². The van der Waals surface area contributed by atoms with E-state index in [1.54, 1.807) is 0 Å². The van der Waals surface area contributed by atoms with Gasteiger partial charge in [0, 0.05) is 11.9 Å². The van der Waals surface area contributed by atoms with Crippen LogP contribution >= 0.6 is 11.6 Å². The van der Waals surface area contributed by atoms with E-state index in [-0.39, 0.29) is 0 Å². The third-order valence-corrected chi connectivity index (χ3v) is 3.49. The first-order valence-electron chi connectivity index (χ1n) is 6.18. The summed E-state index contributed by atoms with van der Waals surface area (Å²) >= 11 is 5.74. The average Bonchev–Trinajstić information content (AvgIpc) is 2.63. The van der Waals surface area contributed by atoms with Gasteiger partial charge in [0.05, 0.1) is 0 Å². The van der Waals surface area contributed by atoms with Crippen LogP contribution in [0.3, 0.4) is 0 Å². The molecule has 0 aromatic rings. The molecule has 0 bridgehead atoms. The molecule has 1 atom stereocenters. The lowest BCUT2D eigenvalue weighted by molar-refractivity contribution is 0.237. The summed E-state index contributed by atoms with van der Waals surface area (Å²) in [6.07, 6.45) is 9.42. The first-order valence-corrected chi connectivity index (χ1v) is 6.72. The van der Waals surface area contributed by atoms with Gasteiger partial charge in [-0.3, -0.25) is 0 Å². The molecule has 0 aromatic carbocycles. The van der Waals surface area contributed by atoms with Crippen LogP contribution in [0.25, 0.3) is 0 Å². The smallest absolute Gasteiger partial charge is 0.0224 e. The zero-order valence-corrected chi connectivity index (χ0v) is 10.2. The number of hydrogen-bond acceptors (Lipinski definition) is 1. The fourth-order valence-corrected chi connectivity index (χ4v) is 2.55. The maximum absolute atomic E-state index is 5.74. The molecule has 0 radical (unpaired) electrons. The van der Waals surface area contributed by atoms with E-state index in [0.717, 1.165) is 11.9 Å². The molecular formula is C12H24ClN. The van der Waals surface area contributed by atoms with Crippen molar-refractivity contribution in [2.24, 2.45) is 0 Å². The van der Waals surface area contributed by atoms with E-state index in [1.807, 2.05) is 0 Å². The lowest BCUT2D eigenvalue weighted by atomic mass is 10.1. The first kappa shape index (κ1) is 12.3. The summed E-state index contributed by atoms with van der Waals surface area (Å²) in [5.41, 5.74) is 0. The summed E-state index contributed by atoms with van der Waals surface area (Å²) in [6.45, 7) is 4.92. The van der Waals surface area contributed by atoms with Crippen LogP contribution in [0, 0.1) is 0 Å². The van der Waals surface area contributed by atoms with Gasteiger partial charge < -0.3 is 4.90 Å². The number of alkyl halides is 1. The molecule has 0 amide bonds. The molecule has 84 valence electrons. The maximum atomic E-state index is 5.74. The van der Waals surface area contributed by atoms with E-state index in [9.17, 15) is 0 Å². The molecule has 1 nitrogen and oxygen atoms in total. The van der Waals surface area contributed by atoms with Gasteiger partial charge in [0.15, 0.2) is 0 Å². The molecule has 1 fully saturated rings. The van der Waals surface area contributed by atoms with Crippen molar-refractivity contribution in [3.63, 3.8) is 0 Å². The van der Waals surface area contributed by atoms with Crippen molar-refractivity contribution in [2.45, 2.75) is 57.9 Å². The maximum Gasteiger partial charge on any atom is 0.0224 e. The minimum absolute atomic E-state index is 0.833. The first-order chi connectivity index (χ1) is 6.88. The Morgan fingerprint density at radius 2 is 2.14 bits per heavy atom. The number of nitrogens with zero attached hydrogens (tertiary/aromatic N) is 1. The van der Waals surface area contributed by atoms with Crippen molar-refractivity contribution in [1.82, 2.24) is 4.90 Å². The Labute approximate surface area is 93.8 Å². The molecule has 0 aliphatic carbocycles. The highest BCUT2D eigenvalue weighted by Gasteiger charge is 2.22. The normalized spacial score (nSPS) is 23.1. The molecular weight excluding hydrogens is 194 g/mol. The number of hydrogen-bond donors (Lipinski definition) is 0. The van der Waals surface area contributed by atoms with Crippen LogP contribution < -0.4 is 0 Å². The summed E-state index contributed by atoms with van der Waals surface area (Å²) in [6, 6.07) is 0.852. The van der Waals surface area contributed by atoms with Gasteiger partial charge >= 0.3 is 0 Å². The van der Waals surface area contributed by atoms with Crippen LogP contribution in [0.15, 0.2) is 0 Å². The van der Waals surface area contributed by atoms with Crippen molar-refractivity contribution < 1.29 is 0 Å². The summed E-state index contributed by atoms with van der Waals surface area (Å²) in [4.78, 5) is 2.68. The van der Waals surface area contributed by atoms with Crippen molar-refractivity contribution in [1.29, 1.82) is 0 Å². The number of likely N-dealkylation sites (tertiary alicyclic amines) is 1. The van der Waals surface area contributed by atoms with Crippen molar-refractivity contribution >= 4 is 11.6 Å². The van der Waals surface area contributed by atoms with Gasteiger partial charge in [-0.25, -0.2) is 0 Å². The van der Waals surface area contributed by atoms with Gasteiger partial charge in [0.1, 0.15) is 0 Å². The molecule has 2 heteroatoms. The SMILES string of the molecule is CCCCCN1CCCC1CCCCl. The molecule has 0 saturated carbocycles. The van der Waals surface area contributed by atoms with E-state index in [1.165, 1.54) is 58.0 Å². The highest BCUT2D eigenvalue weighted by Crippen LogP contribution is 2.21. The van der Waals surface area contributed by atoms with Crippen molar-refractivity contribution in [3.8, 4) is 0 Å². The van der Waals surface area contributed by atoms with Gasteiger partial charge in [-0.1, -0.05) is 19.8 Å². The molecule has 1 aliphatic heterocycles. The summed E-state index contributed by atoms with van der Waals surface area (Å²) < 4.78 is 0. The zero-order valence-electron chi connectivity index (χ0n) is 9.47. The third-order valence-electron chi connectivity index (χ3n) is 3.22. The van der Waals surface area contributed by atoms with Gasteiger partial charge in [-0.2, -0.15) is 0 Å². The topological polar surface area (TPSA) is 3.24 Å². The number of unbranched alkanes of at least 4 members (excludes halogenated alkanes) is 2. The Morgan fingerprint density at radius 3 is 2.86 bits per heavy atom. The monoisotopic (exact) mass is 217 g/mol. The van der Waals surface area contributed by atoms with Crippen LogP contribution in [-0.4, -0.2) is 29.9 Å². The van der Waals surface area contributed by atoms with Crippen LogP contribution in [0.5, 0.6) is 0 Å². The average molecular weight is 218 g/mol. The standard InChI is InChI=1S/C12H24ClN/c1-2-3-4-10-14-11-6-8-12(14)7-5-9-13/h12H,2-11H2,1H3. The van der Waals surface area contributed by atoms with E-state index in [2.05, 4.69) is 11.8 Å². The predicted molar refractivity (Wildman–Crippen MR) is 64.1 cm³/mol. The van der Waals surface area contributed by atoms with Crippen LogP contribution in [-0.2, 0) is 0 Å². The largest absolute Gasteiger partial charge is 0.300 e. The highest BCUT2D eigenvalue weighted by atomic mass is 35.5. The van der Waals surface area contributed by atoms with Crippen molar-refractivity contribution in [3.05, 3.63) is 0 Å². The lowest BCUT2D eigenvalue weighted by Gasteiger charge is -2.24. The minimum Gasteiger partial charge on any atom is -0.300 e. The summed E-state index contributed by atoms with van der Waals surface area (Å²) in [7, 11) is 0. The number of rotatable bonds is 7. The van der Waals surface area contributed by atoms with E-state index in [0.29, 0.717) is 0 Å². The zero-order chi connectivity index (χ0) is 10.2. The van der Waals surface area contributed by atoms with Crippen LogP contribution in [0.2, 0.25) is 0 Å². The second-order valence-electron chi connectivity index (χ2n) is 4.37. The minimum atomic E-state index is 0.833. The molecule has 1 unspecified atom stereocenters. The van der Waals surface area contributed by atoms with Crippen LogP contribution in [0.1, 0.15) is 51.9 Å². The Bertz CT molecular complexity index is 138. The second-order valence-corrected chi connectivity index (χ2v) is 4.75. The van der Waals surface area contributed by atoms with Crippen LogP contribution in [0.4, 0.5) is 0 Å². The molecule has 1 saturated heterocycles. The fraction of sp³-hybridized carbons (Fsp3) is 1.00. The van der Waals surface area contributed by atoms with E-state index < -0.39 is 0 Å². The second kappa shape index (κ2) is 7.53. The van der Waals surface area contributed by atoms with E-state index in [4.69, 9.17) is 11.6 Å². The summed E-state index contributed by atoms with van der Waals surface area (Å²) in [5.74, 6) is 0.833. The molecule has 14 heavy (non-hydrogen) atoms. The Balaban J connectivity index is 2.14. The molecule has 1 heterocycles. The lowest BCUT2D eigenvalue weighted by Crippen LogP contribution is -2.30. The molecule has 0 aromatic heterocycles. The molecule has 1 rings (SSSR count). The Morgan fingerprint density at radius 1 is 1.29 bits per heavy atom. The third kappa shape index (κ3) is 4.18. The fourth-order valence-electron chi connectivity index (χ4n) is 2.39. The predicted octanol–water partition coefficient (Wildman–Crippen LogP) is 3.66. The van der Waals surface area contributed by atoms with E-state index >= 15 is 0 Å². The highest BCUT2D eigenvalue weighted by molar-refractivity contribution is 6.17.